The number of carbonyl (C=O) groups is 1. The molecule has 1 aromatic rings. The number of hydrogen-bond donors (Lipinski definition) is 2. The summed E-state index contributed by atoms with van der Waals surface area (Å²) in [6, 6.07) is 0.754. The van der Waals surface area contributed by atoms with Crippen molar-refractivity contribution in [2.24, 2.45) is 11.8 Å². The van der Waals surface area contributed by atoms with Crippen LogP contribution >= 0.6 is 12.4 Å². The van der Waals surface area contributed by atoms with E-state index in [4.69, 9.17) is 0 Å². The van der Waals surface area contributed by atoms with Gasteiger partial charge < -0.3 is 10.6 Å². The maximum absolute atomic E-state index is 12.4. The minimum absolute atomic E-state index is 0. The average molecular weight is 326 g/mol. The van der Waals surface area contributed by atoms with Gasteiger partial charge in [0.05, 0.1) is 12.2 Å². The molecule has 0 spiro atoms. The van der Waals surface area contributed by atoms with Gasteiger partial charge in [-0.05, 0) is 63.5 Å². The van der Waals surface area contributed by atoms with E-state index in [1.165, 1.54) is 25.7 Å². The van der Waals surface area contributed by atoms with Gasteiger partial charge >= 0.3 is 0 Å². The summed E-state index contributed by atoms with van der Waals surface area (Å²) in [4.78, 5) is 12.4. The molecule has 2 aliphatic carbocycles. The highest BCUT2D eigenvalue weighted by atomic mass is 35.5. The standard InChI is InChI=1S/C15H23N5O.ClH/c21-15(17-14(10-1-2-10)11-3-4-11)13-9-20(19-18-13)12-5-7-16-8-6-12;/h9-12,14,16H,1-8H2,(H,17,21);1H. The molecule has 0 radical (unpaired) electrons. The minimum Gasteiger partial charge on any atom is -0.347 e. The van der Waals surface area contributed by atoms with Crippen molar-refractivity contribution in [3.05, 3.63) is 11.9 Å². The summed E-state index contributed by atoms with van der Waals surface area (Å²) in [5.41, 5.74) is 0.472. The third-order valence-corrected chi connectivity index (χ3v) is 4.98. The number of carbonyl (C=O) groups excluding carboxylic acids is 1. The van der Waals surface area contributed by atoms with Gasteiger partial charge in [0.1, 0.15) is 0 Å². The Kier molecular flexibility index (Phi) is 4.68. The zero-order chi connectivity index (χ0) is 14.2. The van der Waals surface area contributed by atoms with Crippen molar-refractivity contribution in [3.63, 3.8) is 0 Å². The summed E-state index contributed by atoms with van der Waals surface area (Å²) >= 11 is 0. The number of aromatic nitrogens is 3. The van der Waals surface area contributed by atoms with Gasteiger partial charge in [-0.25, -0.2) is 4.68 Å². The Balaban J connectivity index is 0.00000144. The summed E-state index contributed by atoms with van der Waals surface area (Å²) in [5.74, 6) is 1.38. The largest absolute Gasteiger partial charge is 0.347 e. The number of halogens is 1. The van der Waals surface area contributed by atoms with Gasteiger partial charge in [-0.1, -0.05) is 5.21 Å². The molecule has 2 N–H and O–H groups in total. The van der Waals surface area contributed by atoms with Gasteiger partial charge in [-0.2, -0.15) is 0 Å². The monoisotopic (exact) mass is 325 g/mol. The van der Waals surface area contributed by atoms with Crippen LogP contribution in [0.2, 0.25) is 0 Å². The first kappa shape index (κ1) is 15.7. The van der Waals surface area contributed by atoms with E-state index in [-0.39, 0.29) is 18.3 Å². The fourth-order valence-corrected chi connectivity index (χ4v) is 3.39. The molecule has 7 heteroatoms. The fourth-order valence-electron chi connectivity index (χ4n) is 3.39. The Morgan fingerprint density at radius 3 is 2.41 bits per heavy atom. The van der Waals surface area contributed by atoms with Crippen LogP contribution in [0.4, 0.5) is 0 Å². The predicted molar refractivity (Wildman–Crippen MR) is 85.1 cm³/mol. The number of rotatable bonds is 5. The molecule has 0 bridgehead atoms. The lowest BCUT2D eigenvalue weighted by Gasteiger charge is -2.22. The number of amides is 1. The first-order valence-corrected chi connectivity index (χ1v) is 8.24. The van der Waals surface area contributed by atoms with Crippen LogP contribution in [-0.4, -0.2) is 40.0 Å². The Labute approximate surface area is 136 Å². The molecule has 1 aliphatic heterocycles. The van der Waals surface area contributed by atoms with Gasteiger partial charge in [0.15, 0.2) is 5.69 Å². The SMILES string of the molecule is Cl.O=C(NC(C1CC1)C1CC1)c1cn(C2CCNCC2)nn1. The molecule has 3 aliphatic rings. The van der Waals surface area contributed by atoms with Crippen molar-refractivity contribution in [1.29, 1.82) is 0 Å². The third-order valence-electron chi connectivity index (χ3n) is 4.98. The molecule has 1 saturated heterocycles. The molecule has 22 heavy (non-hydrogen) atoms. The molecule has 122 valence electrons. The zero-order valence-corrected chi connectivity index (χ0v) is 13.5. The van der Waals surface area contributed by atoms with E-state index in [9.17, 15) is 4.79 Å². The van der Waals surface area contributed by atoms with Crippen molar-refractivity contribution in [1.82, 2.24) is 25.6 Å². The van der Waals surface area contributed by atoms with Crippen LogP contribution < -0.4 is 10.6 Å². The molecule has 6 nitrogen and oxygen atoms in total. The molecular formula is C15H24ClN5O. The normalized spacial score (nSPS) is 22.4. The Morgan fingerprint density at radius 1 is 1.18 bits per heavy atom. The number of hydrogen-bond acceptors (Lipinski definition) is 4. The van der Waals surface area contributed by atoms with E-state index >= 15 is 0 Å². The van der Waals surface area contributed by atoms with Crippen LogP contribution in [0.25, 0.3) is 0 Å². The molecule has 2 saturated carbocycles. The lowest BCUT2D eigenvalue weighted by atomic mass is 10.1. The van der Waals surface area contributed by atoms with Crippen molar-refractivity contribution < 1.29 is 4.79 Å². The van der Waals surface area contributed by atoms with Crippen LogP contribution in [0.1, 0.15) is 55.1 Å². The molecule has 0 aromatic carbocycles. The number of nitrogens with one attached hydrogen (secondary N) is 2. The van der Waals surface area contributed by atoms with Gasteiger partial charge in [0, 0.05) is 6.04 Å². The fraction of sp³-hybridized carbons (Fsp3) is 0.800. The predicted octanol–water partition coefficient (Wildman–Crippen LogP) is 1.54. The molecule has 1 aromatic heterocycles. The molecule has 4 rings (SSSR count). The van der Waals surface area contributed by atoms with E-state index in [0.717, 1.165) is 25.9 Å². The molecule has 0 unspecified atom stereocenters. The Morgan fingerprint density at radius 2 is 1.82 bits per heavy atom. The molecule has 2 heterocycles. The highest BCUT2D eigenvalue weighted by Crippen LogP contribution is 2.44. The molecular weight excluding hydrogens is 302 g/mol. The smallest absolute Gasteiger partial charge is 0.273 e. The molecule has 3 fully saturated rings. The molecule has 1 amide bonds. The maximum atomic E-state index is 12.4. The van der Waals surface area contributed by atoms with Crippen LogP contribution in [0.5, 0.6) is 0 Å². The van der Waals surface area contributed by atoms with Gasteiger partial charge in [-0.3, -0.25) is 4.79 Å². The lowest BCUT2D eigenvalue weighted by molar-refractivity contribution is 0.0921. The topological polar surface area (TPSA) is 71.8 Å². The van der Waals surface area contributed by atoms with Crippen molar-refractivity contribution >= 4 is 18.3 Å². The van der Waals surface area contributed by atoms with Crippen molar-refractivity contribution in [2.75, 3.05) is 13.1 Å². The Bertz CT molecular complexity index is 508. The van der Waals surface area contributed by atoms with Crippen LogP contribution in [0.15, 0.2) is 6.20 Å². The zero-order valence-electron chi connectivity index (χ0n) is 12.7. The number of nitrogens with zero attached hydrogens (tertiary/aromatic N) is 3. The first-order valence-electron chi connectivity index (χ1n) is 8.24. The summed E-state index contributed by atoms with van der Waals surface area (Å²) in [6.07, 6.45) is 9.00. The van der Waals surface area contributed by atoms with Crippen LogP contribution in [0, 0.1) is 11.8 Å². The average Bonchev–Trinajstić information content (AvgIpc) is 3.44. The van der Waals surface area contributed by atoms with E-state index in [2.05, 4.69) is 20.9 Å². The summed E-state index contributed by atoms with van der Waals surface area (Å²) in [6.45, 7) is 2.02. The highest BCUT2D eigenvalue weighted by molar-refractivity contribution is 5.92. The van der Waals surface area contributed by atoms with E-state index in [1.54, 1.807) is 0 Å². The second kappa shape index (κ2) is 6.54. The summed E-state index contributed by atoms with van der Waals surface area (Å²) < 4.78 is 1.87. The summed E-state index contributed by atoms with van der Waals surface area (Å²) in [7, 11) is 0. The van der Waals surface area contributed by atoms with E-state index in [0.29, 0.717) is 29.6 Å². The molecule has 0 atom stereocenters. The maximum Gasteiger partial charge on any atom is 0.273 e. The van der Waals surface area contributed by atoms with Crippen molar-refractivity contribution in [2.45, 2.75) is 50.6 Å². The number of piperidine rings is 1. The van der Waals surface area contributed by atoms with Crippen molar-refractivity contribution in [3.8, 4) is 0 Å². The van der Waals surface area contributed by atoms with Gasteiger partial charge in [-0.15, -0.1) is 17.5 Å². The second-order valence-corrected chi connectivity index (χ2v) is 6.74. The van der Waals surface area contributed by atoms with E-state index < -0.39 is 0 Å². The first-order chi connectivity index (χ1) is 10.3. The van der Waals surface area contributed by atoms with Crippen LogP contribution in [-0.2, 0) is 0 Å². The lowest BCUT2D eigenvalue weighted by Crippen LogP contribution is -2.38. The quantitative estimate of drug-likeness (QED) is 0.861. The third kappa shape index (κ3) is 3.43. The highest BCUT2D eigenvalue weighted by Gasteiger charge is 2.42. The summed E-state index contributed by atoms with van der Waals surface area (Å²) in [5, 5.41) is 14.8. The van der Waals surface area contributed by atoms with E-state index in [1.807, 2.05) is 10.9 Å². The van der Waals surface area contributed by atoms with Crippen LogP contribution in [0.3, 0.4) is 0 Å². The Hall–Kier alpha value is -1.14. The second-order valence-electron chi connectivity index (χ2n) is 6.74. The minimum atomic E-state index is -0.0426. The van der Waals surface area contributed by atoms with Gasteiger partial charge in [0.2, 0.25) is 0 Å². The van der Waals surface area contributed by atoms with Gasteiger partial charge in [0.25, 0.3) is 5.91 Å².